The summed E-state index contributed by atoms with van der Waals surface area (Å²) >= 11 is 0. The van der Waals surface area contributed by atoms with Crippen LogP contribution in [0.3, 0.4) is 0 Å². The molecule has 0 radical (unpaired) electrons. The molecule has 0 aliphatic rings. The zero-order valence-electron chi connectivity index (χ0n) is 11.5. The van der Waals surface area contributed by atoms with Gasteiger partial charge in [-0.2, -0.15) is 4.31 Å². The van der Waals surface area contributed by atoms with Crippen molar-refractivity contribution < 1.29 is 22.3 Å². The van der Waals surface area contributed by atoms with Crippen LogP contribution >= 0.6 is 0 Å². The van der Waals surface area contributed by atoms with Crippen molar-refractivity contribution in [3.63, 3.8) is 0 Å². The van der Waals surface area contributed by atoms with Gasteiger partial charge in [-0.15, -0.1) is 0 Å². The third kappa shape index (κ3) is 5.14. The number of sulfonamides is 1. The molecule has 1 aromatic rings. The quantitative estimate of drug-likeness (QED) is 0.689. The lowest BCUT2D eigenvalue weighted by atomic mass is 10.5. The Hall–Kier alpha value is -1.39. The Bertz CT molecular complexity index is 525. The molecule has 0 saturated carbocycles. The van der Waals surface area contributed by atoms with Crippen molar-refractivity contribution in [1.29, 1.82) is 0 Å². The van der Waals surface area contributed by atoms with Gasteiger partial charge < -0.3 is 10.4 Å². The van der Waals surface area contributed by atoms with E-state index in [0.717, 1.165) is 18.8 Å². The van der Waals surface area contributed by atoms with Crippen LogP contribution in [0.5, 0.6) is 0 Å². The summed E-state index contributed by atoms with van der Waals surface area (Å²) in [5, 5.41) is 11.7. The highest BCUT2D eigenvalue weighted by Crippen LogP contribution is 2.15. The number of halogens is 2. The molecule has 0 amide bonds. The molecule has 2 N–H and O–H groups in total. The van der Waals surface area contributed by atoms with Gasteiger partial charge in [-0.25, -0.2) is 27.2 Å². The van der Waals surface area contributed by atoms with Gasteiger partial charge in [0.05, 0.1) is 25.5 Å². The van der Waals surface area contributed by atoms with Gasteiger partial charge >= 0.3 is 0 Å². The van der Waals surface area contributed by atoms with Gasteiger partial charge in [-0.05, 0) is 6.42 Å². The lowest BCUT2D eigenvalue weighted by Crippen LogP contribution is -2.37. The normalized spacial score (nSPS) is 12.1. The standard InChI is InChI=1S/C11H18F2N4O3S/c1-2-3-14-11-15-6-9(7-16-11)21(19,20)17(4-5-18)8-10(12)13/h6-7,10,18H,2-5,8H2,1H3,(H,14,15,16). The number of nitrogens with zero attached hydrogens (tertiary/aromatic N) is 3. The molecule has 0 unspecified atom stereocenters. The van der Waals surface area contributed by atoms with Crippen LogP contribution in [0, 0.1) is 0 Å². The lowest BCUT2D eigenvalue weighted by molar-refractivity contribution is 0.113. The monoisotopic (exact) mass is 324 g/mol. The minimum Gasteiger partial charge on any atom is -0.395 e. The number of alkyl halides is 2. The van der Waals surface area contributed by atoms with E-state index in [9.17, 15) is 17.2 Å². The third-order valence-electron chi connectivity index (χ3n) is 2.49. The van der Waals surface area contributed by atoms with Gasteiger partial charge in [0, 0.05) is 13.1 Å². The van der Waals surface area contributed by atoms with E-state index in [1.54, 1.807) is 0 Å². The largest absolute Gasteiger partial charge is 0.395 e. The van der Waals surface area contributed by atoms with Crippen LogP contribution in [-0.2, 0) is 10.0 Å². The van der Waals surface area contributed by atoms with E-state index in [1.165, 1.54) is 0 Å². The van der Waals surface area contributed by atoms with Crippen molar-refractivity contribution in [2.45, 2.75) is 24.7 Å². The second kappa shape index (κ2) is 8.15. The number of aliphatic hydroxyl groups excluding tert-OH is 1. The van der Waals surface area contributed by atoms with Crippen LogP contribution in [0.4, 0.5) is 14.7 Å². The molecule has 0 fully saturated rings. The summed E-state index contributed by atoms with van der Waals surface area (Å²) in [4.78, 5) is 7.36. The first-order valence-corrected chi connectivity index (χ1v) is 7.81. The summed E-state index contributed by atoms with van der Waals surface area (Å²) in [5.74, 6) is 0.262. The summed E-state index contributed by atoms with van der Waals surface area (Å²) < 4.78 is 49.7. The minimum atomic E-state index is -4.15. The number of anilines is 1. The minimum absolute atomic E-state index is 0.262. The molecule has 0 aliphatic carbocycles. The summed E-state index contributed by atoms with van der Waals surface area (Å²) in [7, 11) is -4.15. The molecule has 1 aromatic heterocycles. The van der Waals surface area contributed by atoms with Gasteiger partial charge in [0.25, 0.3) is 6.43 Å². The fraction of sp³-hybridized carbons (Fsp3) is 0.636. The molecule has 0 aliphatic heterocycles. The van der Waals surface area contributed by atoms with Gasteiger partial charge in [0.1, 0.15) is 4.90 Å². The molecular formula is C11H18F2N4O3S. The Morgan fingerprint density at radius 3 is 2.48 bits per heavy atom. The van der Waals surface area contributed by atoms with Crippen molar-refractivity contribution in [2.75, 3.05) is 31.6 Å². The van der Waals surface area contributed by atoms with Crippen LogP contribution in [0.2, 0.25) is 0 Å². The average molecular weight is 324 g/mol. The first-order chi connectivity index (χ1) is 9.91. The fourth-order valence-electron chi connectivity index (χ4n) is 1.50. The zero-order chi connectivity index (χ0) is 15.9. The molecule has 1 rings (SSSR count). The van der Waals surface area contributed by atoms with Crippen LogP contribution < -0.4 is 5.32 Å². The smallest absolute Gasteiger partial charge is 0.252 e. The molecule has 120 valence electrons. The Morgan fingerprint density at radius 1 is 1.38 bits per heavy atom. The molecule has 0 aromatic carbocycles. The van der Waals surface area contributed by atoms with Crippen molar-refractivity contribution in [1.82, 2.24) is 14.3 Å². The number of nitrogens with one attached hydrogen (secondary N) is 1. The first-order valence-electron chi connectivity index (χ1n) is 6.37. The van der Waals surface area contributed by atoms with E-state index < -0.39 is 36.1 Å². The number of aromatic nitrogens is 2. The maximum Gasteiger partial charge on any atom is 0.252 e. The van der Waals surface area contributed by atoms with Gasteiger partial charge in [0.2, 0.25) is 16.0 Å². The highest BCUT2D eigenvalue weighted by Gasteiger charge is 2.27. The SMILES string of the molecule is CCCNc1ncc(S(=O)(=O)N(CCO)CC(F)F)cn1. The second-order valence-corrected chi connectivity index (χ2v) is 6.08. The van der Waals surface area contributed by atoms with Crippen molar-refractivity contribution in [3.8, 4) is 0 Å². The van der Waals surface area contributed by atoms with Crippen molar-refractivity contribution >= 4 is 16.0 Å². The summed E-state index contributed by atoms with van der Waals surface area (Å²) in [6.07, 6.45) is 0.117. The average Bonchev–Trinajstić information content (AvgIpc) is 2.44. The van der Waals surface area contributed by atoms with E-state index in [1.807, 2.05) is 6.92 Å². The maximum atomic E-state index is 12.4. The topological polar surface area (TPSA) is 95.4 Å². The zero-order valence-corrected chi connectivity index (χ0v) is 12.4. The number of hydrogen-bond acceptors (Lipinski definition) is 6. The molecule has 21 heavy (non-hydrogen) atoms. The Morgan fingerprint density at radius 2 is 2.00 bits per heavy atom. The fourth-order valence-corrected chi connectivity index (χ4v) is 2.80. The molecule has 0 bridgehead atoms. The Kier molecular flexibility index (Phi) is 6.85. The van der Waals surface area contributed by atoms with Gasteiger partial charge in [-0.3, -0.25) is 0 Å². The molecule has 0 saturated heterocycles. The van der Waals surface area contributed by atoms with Gasteiger partial charge in [-0.1, -0.05) is 6.92 Å². The van der Waals surface area contributed by atoms with E-state index in [2.05, 4.69) is 15.3 Å². The highest BCUT2D eigenvalue weighted by atomic mass is 32.2. The highest BCUT2D eigenvalue weighted by molar-refractivity contribution is 7.89. The van der Waals surface area contributed by atoms with Crippen LogP contribution in [0.25, 0.3) is 0 Å². The van der Waals surface area contributed by atoms with Crippen LogP contribution in [-0.4, -0.2) is 60.5 Å². The van der Waals surface area contributed by atoms with E-state index >= 15 is 0 Å². The number of aliphatic hydroxyl groups is 1. The summed E-state index contributed by atoms with van der Waals surface area (Å²) in [6, 6.07) is 0. The number of rotatable bonds is 9. The predicted octanol–water partition coefficient (Wildman–Crippen LogP) is 0.547. The predicted molar refractivity (Wildman–Crippen MR) is 72.7 cm³/mol. The molecule has 10 heteroatoms. The molecule has 0 atom stereocenters. The Balaban J connectivity index is 2.93. The molecule has 1 heterocycles. The Labute approximate surface area is 122 Å². The van der Waals surface area contributed by atoms with Crippen LogP contribution in [0.1, 0.15) is 13.3 Å². The van der Waals surface area contributed by atoms with Crippen molar-refractivity contribution in [3.05, 3.63) is 12.4 Å². The maximum absolute atomic E-state index is 12.4. The van der Waals surface area contributed by atoms with E-state index in [-0.39, 0.29) is 10.8 Å². The third-order valence-corrected chi connectivity index (χ3v) is 4.31. The summed E-state index contributed by atoms with van der Waals surface area (Å²) in [6.45, 7) is 0.626. The van der Waals surface area contributed by atoms with E-state index in [0.29, 0.717) is 10.8 Å². The number of hydrogen-bond donors (Lipinski definition) is 2. The molecular weight excluding hydrogens is 306 g/mol. The molecule has 7 nitrogen and oxygen atoms in total. The summed E-state index contributed by atoms with van der Waals surface area (Å²) in [5.41, 5.74) is 0. The molecule has 0 spiro atoms. The van der Waals surface area contributed by atoms with Crippen molar-refractivity contribution in [2.24, 2.45) is 0 Å². The lowest BCUT2D eigenvalue weighted by Gasteiger charge is -2.20. The van der Waals surface area contributed by atoms with Crippen LogP contribution in [0.15, 0.2) is 17.3 Å². The second-order valence-electron chi connectivity index (χ2n) is 4.15. The van der Waals surface area contributed by atoms with E-state index in [4.69, 9.17) is 5.11 Å². The first kappa shape index (κ1) is 17.7. The van der Waals surface area contributed by atoms with Gasteiger partial charge in [0.15, 0.2) is 0 Å².